The number of carboxylic acid groups (broad SMARTS) is 1. The summed E-state index contributed by atoms with van der Waals surface area (Å²) in [5.74, 6) is -1.09. The molecule has 154 valence electrons. The highest BCUT2D eigenvalue weighted by molar-refractivity contribution is 7.92. The summed E-state index contributed by atoms with van der Waals surface area (Å²) in [7, 11) is -3.49. The summed E-state index contributed by atoms with van der Waals surface area (Å²) >= 11 is 0. The van der Waals surface area contributed by atoms with Crippen molar-refractivity contribution < 1.29 is 23.1 Å². The molecule has 2 aromatic rings. The van der Waals surface area contributed by atoms with E-state index in [1.165, 1.54) is 13.0 Å². The SMILES string of the molecule is CC(=O)c1ccc(N2CCN(c3ccc(NS(C)(=O)=O)cc3C(=O)O)CC2)cc1. The third-order valence-corrected chi connectivity index (χ3v) is 5.40. The molecule has 0 unspecified atom stereocenters. The molecule has 0 amide bonds. The second kappa shape index (κ2) is 8.12. The number of hydrogen-bond donors (Lipinski definition) is 2. The van der Waals surface area contributed by atoms with Crippen LogP contribution in [0.25, 0.3) is 0 Å². The maximum atomic E-state index is 11.7. The molecule has 3 rings (SSSR count). The minimum absolute atomic E-state index is 0.0244. The first-order chi connectivity index (χ1) is 13.6. The van der Waals surface area contributed by atoms with E-state index in [-0.39, 0.29) is 17.0 Å². The van der Waals surface area contributed by atoms with Gasteiger partial charge in [-0.25, -0.2) is 13.2 Å². The van der Waals surface area contributed by atoms with Crippen LogP contribution < -0.4 is 14.5 Å². The van der Waals surface area contributed by atoms with Crippen molar-refractivity contribution in [3.63, 3.8) is 0 Å². The molecule has 0 radical (unpaired) electrons. The Hall–Kier alpha value is -3.07. The number of carboxylic acids is 1. The zero-order valence-electron chi connectivity index (χ0n) is 16.3. The maximum absolute atomic E-state index is 11.7. The molecule has 0 spiro atoms. The van der Waals surface area contributed by atoms with E-state index < -0.39 is 16.0 Å². The Labute approximate surface area is 169 Å². The van der Waals surface area contributed by atoms with Crippen LogP contribution in [0.3, 0.4) is 0 Å². The number of sulfonamides is 1. The highest BCUT2D eigenvalue weighted by Gasteiger charge is 2.22. The van der Waals surface area contributed by atoms with E-state index in [1.54, 1.807) is 24.3 Å². The van der Waals surface area contributed by atoms with Gasteiger partial charge in [-0.3, -0.25) is 9.52 Å². The fraction of sp³-hybridized carbons (Fsp3) is 0.300. The first-order valence-electron chi connectivity index (χ1n) is 9.10. The standard InChI is InChI=1S/C20H23N3O5S/c1-14(24)15-3-6-17(7-4-15)22-9-11-23(12-10-22)19-8-5-16(21-29(2,27)28)13-18(19)20(25)26/h3-8,13,21H,9-12H2,1-2H3,(H,25,26). The predicted molar refractivity (Wildman–Crippen MR) is 113 cm³/mol. The topological polar surface area (TPSA) is 107 Å². The van der Waals surface area contributed by atoms with Crippen molar-refractivity contribution in [2.45, 2.75) is 6.92 Å². The number of benzene rings is 2. The molecular formula is C20H23N3O5S. The molecule has 1 fully saturated rings. The molecule has 0 aliphatic carbocycles. The summed E-state index contributed by atoms with van der Waals surface area (Å²) in [6, 6.07) is 12.0. The van der Waals surface area contributed by atoms with Gasteiger partial charge in [0, 0.05) is 43.1 Å². The van der Waals surface area contributed by atoms with Crippen LogP contribution in [0.4, 0.5) is 17.1 Å². The van der Waals surface area contributed by atoms with Gasteiger partial charge in [0.1, 0.15) is 0 Å². The fourth-order valence-corrected chi connectivity index (χ4v) is 3.93. The monoisotopic (exact) mass is 417 g/mol. The summed E-state index contributed by atoms with van der Waals surface area (Å²) in [5.41, 5.74) is 2.51. The Morgan fingerprint density at radius 2 is 1.55 bits per heavy atom. The van der Waals surface area contributed by atoms with Gasteiger partial charge in [0.15, 0.2) is 5.78 Å². The van der Waals surface area contributed by atoms with Gasteiger partial charge in [-0.1, -0.05) is 0 Å². The second-order valence-electron chi connectivity index (χ2n) is 6.99. The summed E-state index contributed by atoms with van der Waals surface area (Å²) in [5, 5.41) is 9.58. The smallest absolute Gasteiger partial charge is 0.337 e. The Kier molecular flexibility index (Phi) is 5.78. The minimum atomic E-state index is -3.49. The van der Waals surface area contributed by atoms with Crippen LogP contribution in [-0.2, 0) is 10.0 Å². The lowest BCUT2D eigenvalue weighted by Gasteiger charge is -2.38. The van der Waals surface area contributed by atoms with Crippen LogP contribution in [0.5, 0.6) is 0 Å². The summed E-state index contributed by atoms with van der Waals surface area (Å²) < 4.78 is 25.1. The van der Waals surface area contributed by atoms with Gasteiger partial charge < -0.3 is 14.9 Å². The minimum Gasteiger partial charge on any atom is -0.478 e. The van der Waals surface area contributed by atoms with E-state index in [9.17, 15) is 23.1 Å². The van der Waals surface area contributed by atoms with Crippen molar-refractivity contribution in [1.29, 1.82) is 0 Å². The summed E-state index contributed by atoms with van der Waals surface area (Å²) in [4.78, 5) is 27.3. The largest absolute Gasteiger partial charge is 0.478 e. The van der Waals surface area contributed by atoms with Gasteiger partial charge in [-0.2, -0.15) is 0 Å². The third-order valence-electron chi connectivity index (χ3n) is 4.79. The number of carbonyl (C=O) groups excluding carboxylic acids is 1. The molecule has 0 atom stereocenters. The molecule has 1 heterocycles. The number of aromatic carboxylic acids is 1. The lowest BCUT2D eigenvalue weighted by Crippen LogP contribution is -2.47. The first kappa shape index (κ1) is 20.7. The van der Waals surface area contributed by atoms with Crippen molar-refractivity contribution >= 4 is 38.8 Å². The maximum Gasteiger partial charge on any atom is 0.337 e. The third kappa shape index (κ3) is 5.05. The van der Waals surface area contributed by atoms with Crippen molar-refractivity contribution in [2.24, 2.45) is 0 Å². The highest BCUT2D eigenvalue weighted by Crippen LogP contribution is 2.27. The molecular weight excluding hydrogens is 394 g/mol. The van der Waals surface area contributed by atoms with Crippen molar-refractivity contribution in [1.82, 2.24) is 0 Å². The van der Waals surface area contributed by atoms with E-state index in [2.05, 4.69) is 9.62 Å². The highest BCUT2D eigenvalue weighted by atomic mass is 32.2. The first-order valence-corrected chi connectivity index (χ1v) is 11.0. The molecule has 0 aromatic heterocycles. The molecule has 9 heteroatoms. The fourth-order valence-electron chi connectivity index (χ4n) is 3.37. The van der Waals surface area contributed by atoms with E-state index in [1.807, 2.05) is 17.0 Å². The Bertz CT molecular complexity index is 1030. The number of hydrogen-bond acceptors (Lipinski definition) is 6. The van der Waals surface area contributed by atoms with Crippen LogP contribution in [-0.4, -0.2) is 57.7 Å². The Morgan fingerprint density at radius 3 is 2.07 bits per heavy atom. The lowest BCUT2D eigenvalue weighted by molar-refractivity contribution is 0.0697. The number of ketones is 1. The lowest BCUT2D eigenvalue weighted by atomic mass is 10.1. The average Bonchev–Trinajstić information content (AvgIpc) is 2.67. The Balaban J connectivity index is 1.74. The van der Waals surface area contributed by atoms with Crippen LogP contribution in [0, 0.1) is 0 Å². The van der Waals surface area contributed by atoms with Gasteiger partial charge in [-0.05, 0) is 49.4 Å². The normalized spacial score (nSPS) is 14.6. The van der Waals surface area contributed by atoms with Gasteiger partial charge in [-0.15, -0.1) is 0 Å². The van der Waals surface area contributed by atoms with Crippen LogP contribution in [0.15, 0.2) is 42.5 Å². The molecule has 8 nitrogen and oxygen atoms in total. The van der Waals surface area contributed by atoms with Crippen molar-refractivity contribution in [2.75, 3.05) is 47.0 Å². The van der Waals surface area contributed by atoms with Crippen LogP contribution >= 0.6 is 0 Å². The van der Waals surface area contributed by atoms with E-state index in [4.69, 9.17) is 0 Å². The Morgan fingerprint density at radius 1 is 0.966 bits per heavy atom. The molecule has 1 aliphatic heterocycles. The van der Waals surface area contributed by atoms with Crippen molar-refractivity contribution in [3.05, 3.63) is 53.6 Å². The summed E-state index contributed by atoms with van der Waals surface area (Å²) in [6.45, 7) is 4.16. The summed E-state index contributed by atoms with van der Waals surface area (Å²) in [6.07, 6.45) is 1.02. The predicted octanol–water partition coefficient (Wildman–Crippen LogP) is 2.29. The van der Waals surface area contributed by atoms with Gasteiger partial charge in [0.05, 0.1) is 17.5 Å². The number of nitrogens with zero attached hydrogens (tertiary/aromatic N) is 2. The van der Waals surface area contributed by atoms with Gasteiger partial charge >= 0.3 is 5.97 Å². The quantitative estimate of drug-likeness (QED) is 0.695. The molecule has 2 N–H and O–H groups in total. The number of nitrogens with one attached hydrogen (secondary N) is 1. The molecule has 2 aromatic carbocycles. The van der Waals surface area contributed by atoms with E-state index in [0.29, 0.717) is 37.4 Å². The molecule has 1 aliphatic rings. The number of carbonyl (C=O) groups is 2. The van der Waals surface area contributed by atoms with Crippen LogP contribution in [0.1, 0.15) is 27.6 Å². The average molecular weight is 417 g/mol. The molecule has 0 bridgehead atoms. The van der Waals surface area contributed by atoms with Gasteiger partial charge in [0.25, 0.3) is 0 Å². The second-order valence-corrected chi connectivity index (χ2v) is 8.74. The number of piperazine rings is 1. The zero-order chi connectivity index (χ0) is 21.2. The molecule has 0 saturated carbocycles. The number of anilines is 3. The van der Waals surface area contributed by atoms with Crippen LogP contribution in [0.2, 0.25) is 0 Å². The van der Waals surface area contributed by atoms with Crippen molar-refractivity contribution in [3.8, 4) is 0 Å². The van der Waals surface area contributed by atoms with E-state index >= 15 is 0 Å². The zero-order valence-corrected chi connectivity index (χ0v) is 17.1. The number of Topliss-reactive ketones (excluding diaryl/α,β-unsaturated/α-hetero) is 1. The number of rotatable bonds is 6. The molecule has 29 heavy (non-hydrogen) atoms. The molecule has 1 saturated heterocycles. The van der Waals surface area contributed by atoms with Gasteiger partial charge in [0.2, 0.25) is 10.0 Å². The van der Waals surface area contributed by atoms with E-state index in [0.717, 1.165) is 11.9 Å².